The van der Waals surface area contributed by atoms with Crippen molar-refractivity contribution < 1.29 is 9.72 Å². The van der Waals surface area contributed by atoms with Gasteiger partial charge in [0.05, 0.1) is 4.92 Å². The van der Waals surface area contributed by atoms with Crippen LogP contribution in [0.3, 0.4) is 0 Å². The van der Waals surface area contributed by atoms with Gasteiger partial charge in [0.2, 0.25) is 17.0 Å². The smallest absolute Gasteiger partial charge is 0.291 e. The predicted octanol–water partition coefficient (Wildman–Crippen LogP) is 1.79. The van der Waals surface area contributed by atoms with E-state index in [1.807, 2.05) is 0 Å². The number of amides is 1. The molecule has 96 valence electrons. The Morgan fingerprint density at radius 3 is 2.94 bits per heavy atom. The van der Waals surface area contributed by atoms with Gasteiger partial charge in [0.25, 0.3) is 0 Å². The molecule has 2 rings (SSSR count). The van der Waals surface area contributed by atoms with E-state index in [0.29, 0.717) is 18.3 Å². The monoisotopic (exact) mass is 334 g/mol. The molecule has 7 nitrogen and oxygen atoms in total. The first-order chi connectivity index (χ1) is 8.52. The molecule has 0 bridgehead atoms. The summed E-state index contributed by atoms with van der Waals surface area (Å²) in [5.74, 6) is -0.114. The van der Waals surface area contributed by atoms with Gasteiger partial charge in [0, 0.05) is 18.3 Å². The van der Waals surface area contributed by atoms with Crippen LogP contribution in [0.2, 0.25) is 5.28 Å². The topological polar surface area (TPSA) is 89.2 Å². The van der Waals surface area contributed by atoms with Crippen LogP contribution < -0.4 is 4.90 Å². The lowest BCUT2D eigenvalue weighted by Gasteiger charge is -2.14. The van der Waals surface area contributed by atoms with Crippen LogP contribution in [-0.4, -0.2) is 32.7 Å². The van der Waals surface area contributed by atoms with Crippen LogP contribution in [0.1, 0.15) is 6.42 Å². The molecule has 0 spiro atoms. The van der Waals surface area contributed by atoms with Crippen LogP contribution in [0.15, 0.2) is 6.20 Å². The van der Waals surface area contributed by atoms with Crippen molar-refractivity contribution in [2.24, 2.45) is 5.92 Å². The maximum atomic E-state index is 11.8. The molecule has 1 aromatic heterocycles. The summed E-state index contributed by atoms with van der Waals surface area (Å²) in [7, 11) is 0. The lowest BCUT2D eigenvalue weighted by molar-refractivity contribution is -0.384. The van der Waals surface area contributed by atoms with Crippen molar-refractivity contribution >= 4 is 44.9 Å². The fraction of sp³-hybridized carbons (Fsp3) is 0.444. The number of carbonyl (C=O) groups is 1. The summed E-state index contributed by atoms with van der Waals surface area (Å²) in [6.45, 7) is 0.387. The van der Waals surface area contributed by atoms with Crippen molar-refractivity contribution in [1.29, 1.82) is 0 Å². The van der Waals surface area contributed by atoms with Gasteiger partial charge in [0.1, 0.15) is 6.20 Å². The summed E-state index contributed by atoms with van der Waals surface area (Å²) >= 11 is 8.92. The highest BCUT2D eigenvalue weighted by atomic mass is 79.9. The molecule has 1 aromatic rings. The van der Waals surface area contributed by atoms with Crippen molar-refractivity contribution in [3.63, 3.8) is 0 Å². The van der Waals surface area contributed by atoms with Gasteiger partial charge in [-0.3, -0.25) is 19.8 Å². The third kappa shape index (κ3) is 2.44. The van der Waals surface area contributed by atoms with Crippen molar-refractivity contribution in [2.45, 2.75) is 6.42 Å². The Hall–Kier alpha value is -1.28. The fourth-order valence-electron chi connectivity index (χ4n) is 1.76. The second kappa shape index (κ2) is 5.15. The van der Waals surface area contributed by atoms with E-state index in [1.54, 1.807) is 0 Å². The second-order valence-electron chi connectivity index (χ2n) is 3.83. The van der Waals surface area contributed by atoms with Gasteiger partial charge in [-0.05, 0) is 17.5 Å². The Balaban J connectivity index is 2.41. The van der Waals surface area contributed by atoms with Gasteiger partial charge in [-0.1, -0.05) is 15.9 Å². The van der Waals surface area contributed by atoms with Crippen molar-refractivity contribution in [3.8, 4) is 0 Å². The first-order valence-electron chi connectivity index (χ1n) is 5.06. The average molecular weight is 336 g/mol. The average Bonchev–Trinajstić information content (AvgIpc) is 2.70. The van der Waals surface area contributed by atoms with Crippen molar-refractivity contribution in [1.82, 2.24) is 9.97 Å². The zero-order valence-electron chi connectivity index (χ0n) is 9.05. The molecule has 9 heteroatoms. The van der Waals surface area contributed by atoms with Gasteiger partial charge in [-0.25, -0.2) is 4.98 Å². The molecule has 0 radical (unpaired) electrons. The van der Waals surface area contributed by atoms with E-state index in [4.69, 9.17) is 11.6 Å². The summed E-state index contributed by atoms with van der Waals surface area (Å²) in [5.41, 5.74) is -0.317. The number of halogens is 2. The zero-order chi connectivity index (χ0) is 13.3. The minimum Gasteiger partial charge on any atom is -0.291 e. The van der Waals surface area contributed by atoms with E-state index < -0.39 is 4.92 Å². The SMILES string of the molecule is O=C1CC(CBr)CN1c1nc(Cl)ncc1[N+](=O)[O-]. The van der Waals surface area contributed by atoms with Crippen LogP contribution in [0.4, 0.5) is 11.5 Å². The summed E-state index contributed by atoms with van der Waals surface area (Å²) in [6.07, 6.45) is 1.35. The minimum absolute atomic E-state index is 0.0338. The van der Waals surface area contributed by atoms with Crippen LogP contribution in [0, 0.1) is 16.0 Å². The molecule has 0 aliphatic carbocycles. The number of aromatic nitrogens is 2. The van der Waals surface area contributed by atoms with Gasteiger partial charge in [0.15, 0.2) is 0 Å². The second-order valence-corrected chi connectivity index (χ2v) is 4.82. The highest BCUT2D eigenvalue weighted by molar-refractivity contribution is 9.09. The van der Waals surface area contributed by atoms with E-state index in [9.17, 15) is 14.9 Å². The normalized spacial score (nSPS) is 19.3. The Morgan fingerprint density at radius 2 is 2.39 bits per heavy atom. The summed E-state index contributed by atoms with van der Waals surface area (Å²) < 4.78 is 0. The number of nitro groups is 1. The van der Waals surface area contributed by atoms with Gasteiger partial charge >= 0.3 is 5.69 Å². The molecule has 1 aliphatic heterocycles. The number of rotatable bonds is 3. The number of carbonyl (C=O) groups excluding carboxylic acids is 1. The van der Waals surface area contributed by atoms with E-state index in [-0.39, 0.29) is 28.6 Å². The molecule has 0 aromatic carbocycles. The molecule has 1 unspecified atom stereocenters. The highest BCUT2D eigenvalue weighted by Gasteiger charge is 2.35. The molecular formula is C9H8BrClN4O3. The molecule has 1 saturated heterocycles. The number of anilines is 1. The first kappa shape index (κ1) is 13.2. The molecule has 2 heterocycles. The lowest BCUT2D eigenvalue weighted by atomic mass is 10.2. The molecule has 18 heavy (non-hydrogen) atoms. The Kier molecular flexibility index (Phi) is 3.76. The van der Waals surface area contributed by atoms with Crippen molar-refractivity contribution in [3.05, 3.63) is 21.6 Å². The molecule has 1 fully saturated rings. The summed E-state index contributed by atoms with van der Waals surface area (Å²) in [5, 5.41) is 11.4. The lowest BCUT2D eigenvalue weighted by Crippen LogP contribution is -2.26. The number of hydrogen-bond acceptors (Lipinski definition) is 5. The molecule has 0 saturated carbocycles. The quantitative estimate of drug-likeness (QED) is 0.363. The maximum Gasteiger partial charge on any atom is 0.330 e. The van der Waals surface area contributed by atoms with Gasteiger partial charge in [-0.2, -0.15) is 4.98 Å². The molecule has 1 atom stereocenters. The molecular weight excluding hydrogens is 327 g/mol. The van der Waals surface area contributed by atoms with E-state index in [2.05, 4.69) is 25.9 Å². The number of nitrogens with zero attached hydrogens (tertiary/aromatic N) is 4. The standard InChI is InChI=1S/C9H8BrClN4O3/c10-2-5-1-7(16)14(4-5)8-6(15(17)18)3-12-9(11)13-8/h3,5H,1-2,4H2. The van der Waals surface area contributed by atoms with Crippen LogP contribution in [0.25, 0.3) is 0 Å². The maximum absolute atomic E-state index is 11.8. The van der Waals surface area contributed by atoms with Gasteiger partial charge < -0.3 is 0 Å². The minimum atomic E-state index is -0.625. The number of hydrogen-bond donors (Lipinski definition) is 0. The largest absolute Gasteiger partial charge is 0.330 e. The molecule has 1 amide bonds. The fourth-order valence-corrected chi connectivity index (χ4v) is 2.33. The van der Waals surface area contributed by atoms with E-state index >= 15 is 0 Å². The predicted molar refractivity (Wildman–Crippen MR) is 68.0 cm³/mol. The van der Waals surface area contributed by atoms with E-state index in [1.165, 1.54) is 4.90 Å². The Bertz CT molecular complexity index is 513. The third-order valence-electron chi connectivity index (χ3n) is 2.60. The number of alkyl halides is 1. The zero-order valence-corrected chi connectivity index (χ0v) is 11.4. The van der Waals surface area contributed by atoms with E-state index in [0.717, 1.165) is 6.20 Å². The summed E-state index contributed by atoms with van der Waals surface area (Å²) in [6, 6.07) is 0. The van der Waals surface area contributed by atoms with Crippen LogP contribution >= 0.6 is 27.5 Å². The highest BCUT2D eigenvalue weighted by Crippen LogP contribution is 2.31. The third-order valence-corrected chi connectivity index (χ3v) is 3.69. The summed E-state index contributed by atoms with van der Waals surface area (Å²) in [4.78, 5) is 30.7. The Morgan fingerprint density at radius 1 is 1.67 bits per heavy atom. The van der Waals surface area contributed by atoms with Crippen LogP contribution in [-0.2, 0) is 4.79 Å². The molecule has 0 N–H and O–H groups in total. The van der Waals surface area contributed by atoms with Crippen LogP contribution in [0.5, 0.6) is 0 Å². The van der Waals surface area contributed by atoms with Gasteiger partial charge in [-0.15, -0.1) is 0 Å². The molecule has 1 aliphatic rings. The first-order valence-corrected chi connectivity index (χ1v) is 6.56. The van der Waals surface area contributed by atoms with Crippen molar-refractivity contribution in [2.75, 3.05) is 16.8 Å². The Labute approximate surface area is 115 Å².